The highest BCUT2D eigenvalue weighted by molar-refractivity contribution is 6.30. The van der Waals surface area contributed by atoms with Gasteiger partial charge in [-0.25, -0.2) is 9.97 Å². The van der Waals surface area contributed by atoms with Crippen LogP contribution in [-0.4, -0.2) is 73.5 Å². The normalized spacial score (nSPS) is 15.2. The number of nitrogens with zero attached hydrogens (tertiary/aromatic N) is 4. The summed E-state index contributed by atoms with van der Waals surface area (Å²) in [6, 6.07) is 33.5. The Morgan fingerprint density at radius 1 is 0.531 bits per heavy atom. The Labute approximate surface area is 390 Å². The fourth-order valence-electron chi connectivity index (χ4n) is 8.68. The van der Waals surface area contributed by atoms with Crippen LogP contribution in [0.2, 0.25) is 10.0 Å². The van der Waals surface area contributed by atoms with Gasteiger partial charge in [-0.1, -0.05) is 47.5 Å². The van der Waals surface area contributed by atoms with Gasteiger partial charge in [-0.05, 0) is 139 Å². The van der Waals surface area contributed by atoms with E-state index in [2.05, 4.69) is 96.9 Å². The van der Waals surface area contributed by atoms with Crippen LogP contribution in [0.5, 0.6) is 11.5 Å². The van der Waals surface area contributed by atoms with Gasteiger partial charge in [0.1, 0.15) is 23.1 Å². The van der Waals surface area contributed by atoms with Crippen molar-refractivity contribution in [2.45, 2.75) is 103 Å². The Hall–Kier alpha value is -5.00. The van der Waals surface area contributed by atoms with Crippen LogP contribution < -0.4 is 40.5 Å². The SMILES string of the molecule is COc1ccc2nc(NCc3ccc(Cl)cc3)cc(N3CCC(NC(C)(C)C)CC3)c2c1.COc1ccc2nc(NCc3ccc(Cl)cc3)cc(N3CCC(NC(C)(C)C)CC3)c2c1. The first kappa shape index (κ1) is 47.0. The molecule has 0 saturated carbocycles. The lowest BCUT2D eigenvalue weighted by atomic mass is 9.99. The number of benzene rings is 4. The molecule has 2 aromatic heterocycles. The largest absolute Gasteiger partial charge is 0.497 e. The number of rotatable bonds is 12. The second-order valence-corrected chi connectivity index (χ2v) is 20.0. The molecule has 340 valence electrons. The van der Waals surface area contributed by atoms with Gasteiger partial charge in [0, 0.05) is 107 Å². The lowest BCUT2D eigenvalue weighted by Gasteiger charge is -2.37. The van der Waals surface area contributed by atoms with Crippen molar-refractivity contribution in [3.63, 3.8) is 0 Å². The first-order valence-corrected chi connectivity index (χ1v) is 23.4. The maximum Gasteiger partial charge on any atom is 0.129 e. The first-order chi connectivity index (χ1) is 30.6. The molecule has 0 aliphatic carbocycles. The minimum Gasteiger partial charge on any atom is -0.497 e. The van der Waals surface area contributed by atoms with Crippen LogP contribution in [-0.2, 0) is 13.1 Å². The Morgan fingerprint density at radius 3 is 1.22 bits per heavy atom. The topological polar surface area (TPSA) is 98.8 Å². The quantitative estimate of drug-likeness (QED) is 0.0950. The third-order valence-electron chi connectivity index (χ3n) is 11.7. The Balaban J connectivity index is 0.000000191. The van der Waals surface area contributed by atoms with E-state index in [1.165, 1.54) is 22.5 Å². The number of piperidine rings is 2. The monoisotopic (exact) mass is 904 g/mol. The van der Waals surface area contributed by atoms with Gasteiger partial charge in [0.05, 0.1) is 25.3 Å². The zero-order chi connectivity index (χ0) is 45.4. The Kier molecular flexibility index (Phi) is 15.3. The molecule has 64 heavy (non-hydrogen) atoms. The lowest BCUT2D eigenvalue weighted by molar-refractivity contribution is 0.317. The lowest BCUT2D eigenvalue weighted by Crippen LogP contribution is -2.49. The number of nitrogens with one attached hydrogen (secondary N) is 4. The standard InChI is InChI=1S/2C26H33ClN4O/c2*1-26(2,3)30-20-11-13-31(14-12-20)24-16-25(28-17-18-5-7-19(27)8-6-18)29-23-10-9-21(32-4)15-22(23)24/h2*5-10,15-16,20,30H,11-14,17H2,1-4H3,(H,28,29). The minimum absolute atomic E-state index is 0.141. The van der Waals surface area contributed by atoms with Crippen molar-refractivity contribution < 1.29 is 9.47 Å². The summed E-state index contributed by atoms with van der Waals surface area (Å²) in [7, 11) is 3.42. The van der Waals surface area contributed by atoms with E-state index in [0.717, 1.165) is 107 Å². The number of ether oxygens (including phenoxy) is 2. The summed E-state index contributed by atoms with van der Waals surface area (Å²) in [5.41, 5.74) is 6.98. The van der Waals surface area contributed by atoms with E-state index >= 15 is 0 Å². The third kappa shape index (κ3) is 13.1. The van der Waals surface area contributed by atoms with Crippen molar-refractivity contribution in [3.8, 4) is 11.5 Å². The number of fused-ring (bicyclic) bond motifs is 2. The van der Waals surface area contributed by atoms with Crippen LogP contribution in [0.25, 0.3) is 21.8 Å². The number of halogens is 2. The van der Waals surface area contributed by atoms with E-state index in [4.69, 9.17) is 42.6 Å². The minimum atomic E-state index is 0.141. The van der Waals surface area contributed by atoms with Crippen LogP contribution >= 0.6 is 23.2 Å². The predicted molar refractivity (Wildman–Crippen MR) is 270 cm³/mol. The van der Waals surface area contributed by atoms with Gasteiger partial charge in [0.15, 0.2) is 0 Å². The van der Waals surface area contributed by atoms with Crippen molar-refractivity contribution in [2.75, 3.05) is 60.8 Å². The number of aromatic nitrogens is 2. The molecule has 0 amide bonds. The molecule has 0 atom stereocenters. The maximum atomic E-state index is 6.02. The van der Waals surface area contributed by atoms with Crippen LogP contribution in [0.15, 0.2) is 97.1 Å². The van der Waals surface area contributed by atoms with E-state index < -0.39 is 0 Å². The molecule has 4 heterocycles. The van der Waals surface area contributed by atoms with Crippen LogP contribution in [0.4, 0.5) is 23.0 Å². The maximum absolute atomic E-state index is 6.02. The molecule has 8 rings (SSSR count). The highest BCUT2D eigenvalue weighted by Gasteiger charge is 2.26. The van der Waals surface area contributed by atoms with Crippen molar-refractivity contribution in [3.05, 3.63) is 118 Å². The molecule has 2 saturated heterocycles. The van der Waals surface area contributed by atoms with E-state index in [1.54, 1.807) is 14.2 Å². The predicted octanol–water partition coefficient (Wildman–Crippen LogP) is 11.7. The zero-order valence-electron chi connectivity index (χ0n) is 38.8. The molecule has 12 heteroatoms. The average Bonchev–Trinajstić information content (AvgIpc) is 3.27. The fraction of sp³-hybridized carbons (Fsp3) is 0.423. The van der Waals surface area contributed by atoms with E-state index in [1.807, 2.05) is 72.8 Å². The highest BCUT2D eigenvalue weighted by atomic mass is 35.5. The molecule has 2 fully saturated rings. The zero-order valence-corrected chi connectivity index (χ0v) is 40.3. The van der Waals surface area contributed by atoms with Crippen molar-refractivity contribution in [1.82, 2.24) is 20.6 Å². The second-order valence-electron chi connectivity index (χ2n) is 19.1. The summed E-state index contributed by atoms with van der Waals surface area (Å²) in [6.07, 6.45) is 4.49. The summed E-state index contributed by atoms with van der Waals surface area (Å²) in [4.78, 5) is 14.7. The van der Waals surface area contributed by atoms with Gasteiger partial charge in [0.25, 0.3) is 0 Å². The summed E-state index contributed by atoms with van der Waals surface area (Å²) in [6.45, 7) is 18.9. The van der Waals surface area contributed by atoms with E-state index in [-0.39, 0.29) is 11.1 Å². The molecule has 2 aliphatic heterocycles. The molecule has 10 nitrogen and oxygen atoms in total. The van der Waals surface area contributed by atoms with Gasteiger partial charge in [0.2, 0.25) is 0 Å². The Morgan fingerprint density at radius 2 is 0.891 bits per heavy atom. The van der Waals surface area contributed by atoms with E-state index in [0.29, 0.717) is 25.2 Å². The van der Waals surface area contributed by atoms with Gasteiger partial charge in [-0.3, -0.25) is 0 Å². The summed E-state index contributed by atoms with van der Waals surface area (Å²) in [5, 5.41) is 18.3. The number of anilines is 4. The first-order valence-electron chi connectivity index (χ1n) is 22.6. The van der Waals surface area contributed by atoms with E-state index in [9.17, 15) is 0 Å². The third-order valence-corrected chi connectivity index (χ3v) is 12.2. The molecule has 2 aliphatic rings. The van der Waals surface area contributed by atoms with Crippen LogP contribution in [0.3, 0.4) is 0 Å². The molecule has 0 bridgehead atoms. The summed E-state index contributed by atoms with van der Waals surface area (Å²) >= 11 is 12.0. The smallest absolute Gasteiger partial charge is 0.129 e. The number of hydrogen-bond donors (Lipinski definition) is 4. The van der Waals surface area contributed by atoms with Crippen molar-refractivity contribution in [2.24, 2.45) is 0 Å². The number of pyridine rings is 2. The number of hydrogen-bond acceptors (Lipinski definition) is 10. The molecule has 0 spiro atoms. The molecule has 0 unspecified atom stereocenters. The molecular weight excluding hydrogens is 840 g/mol. The Bertz CT molecular complexity index is 2280. The van der Waals surface area contributed by atoms with Gasteiger partial charge in [-0.2, -0.15) is 0 Å². The molecular formula is C52H66Cl2N8O2. The van der Waals surface area contributed by atoms with Crippen LogP contribution in [0.1, 0.15) is 78.4 Å². The highest BCUT2D eigenvalue weighted by Crippen LogP contribution is 2.35. The molecule has 4 N–H and O–H groups in total. The summed E-state index contributed by atoms with van der Waals surface area (Å²) < 4.78 is 11.0. The van der Waals surface area contributed by atoms with Gasteiger partial charge in [-0.15, -0.1) is 0 Å². The summed E-state index contributed by atoms with van der Waals surface area (Å²) in [5.74, 6) is 3.46. The molecule has 6 aromatic rings. The molecule has 0 radical (unpaired) electrons. The fourth-order valence-corrected chi connectivity index (χ4v) is 8.93. The van der Waals surface area contributed by atoms with Crippen molar-refractivity contribution >= 4 is 68.0 Å². The average molecular weight is 906 g/mol. The second kappa shape index (κ2) is 20.9. The van der Waals surface area contributed by atoms with Crippen LogP contribution in [0, 0.1) is 0 Å². The molecule has 4 aromatic carbocycles. The van der Waals surface area contributed by atoms with Crippen molar-refractivity contribution in [1.29, 1.82) is 0 Å². The van der Waals surface area contributed by atoms with Gasteiger partial charge >= 0.3 is 0 Å². The number of methoxy groups -OCH3 is 2. The van der Waals surface area contributed by atoms with Gasteiger partial charge < -0.3 is 40.5 Å².